The Hall–Kier alpha value is -3.20. The van der Waals surface area contributed by atoms with Crippen molar-refractivity contribution in [3.05, 3.63) is 53.1 Å². The second-order valence-electron chi connectivity index (χ2n) is 5.49. The van der Waals surface area contributed by atoms with Gasteiger partial charge in [0.25, 0.3) is 0 Å². The van der Waals surface area contributed by atoms with Crippen LogP contribution in [0.15, 0.2) is 36.4 Å². The summed E-state index contributed by atoms with van der Waals surface area (Å²) >= 11 is 0. The molecule has 0 fully saturated rings. The molecule has 0 saturated carbocycles. The van der Waals surface area contributed by atoms with Crippen LogP contribution >= 0.6 is 0 Å². The smallest absolute Gasteiger partial charge is 0.338 e. The molecule has 6 heteroatoms. The van der Waals surface area contributed by atoms with Crippen molar-refractivity contribution in [2.45, 2.75) is 27.4 Å². The lowest BCUT2D eigenvalue weighted by molar-refractivity contribution is 0.0471. The fourth-order valence-electron chi connectivity index (χ4n) is 2.47. The number of ether oxygens (including phenoxy) is 4. The molecule has 2 rings (SSSR count). The highest BCUT2D eigenvalue weighted by Gasteiger charge is 2.19. The quantitative estimate of drug-likeness (QED) is 0.619. The molecule has 0 unspecified atom stereocenters. The molecular weight excluding hydrogens is 346 g/mol. The lowest BCUT2D eigenvalue weighted by Gasteiger charge is -2.17. The third-order valence-corrected chi connectivity index (χ3v) is 3.57. The summed E-state index contributed by atoms with van der Waals surface area (Å²) in [5, 5.41) is 8.95. The minimum atomic E-state index is -0.512. The lowest BCUT2D eigenvalue weighted by Crippen LogP contribution is -2.09. The Balaban J connectivity index is 2.24. The molecule has 0 saturated heterocycles. The Kier molecular flexibility index (Phi) is 7.50. The van der Waals surface area contributed by atoms with Crippen LogP contribution in [0.5, 0.6) is 17.2 Å². The molecule has 0 aromatic heterocycles. The fourth-order valence-corrected chi connectivity index (χ4v) is 2.47. The van der Waals surface area contributed by atoms with Crippen molar-refractivity contribution < 1.29 is 23.7 Å². The first-order valence-corrected chi connectivity index (χ1v) is 8.85. The highest BCUT2D eigenvalue weighted by atomic mass is 16.5. The molecule has 0 radical (unpaired) electrons. The maximum absolute atomic E-state index is 12.5. The summed E-state index contributed by atoms with van der Waals surface area (Å²) in [5.41, 5.74) is 1.56. The topological polar surface area (TPSA) is 77.8 Å². The molecule has 0 atom stereocenters. The van der Waals surface area contributed by atoms with Crippen molar-refractivity contribution in [3.63, 3.8) is 0 Å². The van der Waals surface area contributed by atoms with E-state index in [-0.39, 0.29) is 6.61 Å². The zero-order chi connectivity index (χ0) is 19.6. The number of rotatable bonds is 9. The predicted octanol–water partition coefficient (Wildman–Crippen LogP) is 4.11. The summed E-state index contributed by atoms with van der Waals surface area (Å²) in [5.74, 6) is 0.828. The van der Waals surface area contributed by atoms with E-state index >= 15 is 0 Å². The fraction of sp³-hybridized carbons (Fsp3) is 0.333. The minimum absolute atomic E-state index is 0.0650. The van der Waals surface area contributed by atoms with E-state index in [1.54, 1.807) is 36.4 Å². The van der Waals surface area contributed by atoms with Gasteiger partial charge in [-0.05, 0) is 50.6 Å². The highest BCUT2D eigenvalue weighted by molar-refractivity contribution is 5.91. The summed E-state index contributed by atoms with van der Waals surface area (Å²) in [6.07, 6.45) is 0. The molecule has 0 heterocycles. The van der Waals surface area contributed by atoms with Gasteiger partial charge in [-0.2, -0.15) is 5.26 Å². The second-order valence-corrected chi connectivity index (χ2v) is 5.49. The van der Waals surface area contributed by atoms with Crippen LogP contribution < -0.4 is 14.2 Å². The van der Waals surface area contributed by atoms with Gasteiger partial charge in [0, 0.05) is 0 Å². The van der Waals surface area contributed by atoms with Gasteiger partial charge < -0.3 is 18.9 Å². The maximum Gasteiger partial charge on any atom is 0.338 e. The van der Waals surface area contributed by atoms with Crippen molar-refractivity contribution in [2.75, 3.05) is 19.8 Å². The van der Waals surface area contributed by atoms with Gasteiger partial charge in [-0.15, -0.1) is 0 Å². The molecule has 0 aliphatic carbocycles. The van der Waals surface area contributed by atoms with E-state index in [1.165, 1.54) is 0 Å². The van der Waals surface area contributed by atoms with Gasteiger partial charge in [0.1, 0.15) is 6.61 Å². The number of nitriles is 1. The normalized spacial score (nSPS) is 10.0. The monoisotopic (exact) mass is 369 g/mol. The Bertz CT molecular complexity index is 799. The van der Waals surface area contributed by atoms with Crippen LogP contribution in [0.25, 0.3) is 0 Å². The second kappa shape index (κ2) is 10.1. The number of benzene rings is 2. The summed E-state index contributed by atoms with van der Waals surface area (Å²) in [6.45, 7) is 6.92. The van der Waals surface area contributed by atoms with Crippen LogP contribution in [0.4, 0.5) is 0 Å². The Morgan fingerprint density at radius 3 is 2.15 bits per heavy atom. The van der Waals surface area contributed by atoms with Crippen LogP contribution in [0.3, 0.4) is 0 Å². The van der Waals surface area contributed by atoms with Gasteiger partial charge in [-0.25, -0.2) is 4.79 Å². The first kappa shape index (κ1) is 20.1. The van der Waals surface area contributed by atoms with Crippen molar-refractivity contribution >= 4 is 5.97 Å². The van der Waals surface area contributed by atoms with E-state index < -0.39 is 5.97 Å². The molecule has 0 bridgehead atoms. The minimum Gasteiger partial charge on any atom is -0.490 e. The average molecular weight is 369 g/mol. The van der Waals surface area contributed by atoms with Gasteiger partial charge >= 0.3 is 5.97 Å². The van der Waals surface area contributed by atoms with E-state index in [2.05, 4.69) is 6.07 Å². The molecule has 2 aromatic carbocycles. The van der Waals surface area contributed by atoms with Crippen molar-refractivity contribution in [2.24, 2.45) is 0 Å². The zero-order valence-electron chi connectivity index (χ0n) is 15.8. The predicted molar refractivity (Wildman–Crippen MR) is 100 cm³/mol. The molecule has 27 heavy (non-hydrogen) atoms. The molecule has 0 aliphatic rings. The van der Waals surface area contributed by atoms with Crippen molar-refractivity contribution in [1.29, 1.82) is 5.26 Å². The number of nitrogens with zero attached hydrogens (tertiary/aromatic N) is 1. The molecule has 0 N–H and O–H groups in total. The van der Waals surface area contributed by atoms with E-state index in [0.29, 0.717) is 48.2 Å². The van der Waals surface area contributed by atoms with E-state index in [0.717, 1.165) is 5.56 Å². The molecule has 0 amide bonds. The third kappa shape index (κ3) is 5.38. The molecule has 0 spiro atoms. The Morgan fingerprint density at radius 1 is 0.963 bits per heavy atom. The molecule has 142 valence electrons. The maximum atomic E-state index is 12.5. The van der Waals surface area contributed by atoms with E-state index in [9.17, 15) is 4.79 Å². The summed E-state index contributed by atoms with van der Waals surface area (Å²) < 4.78 is 22.2. The Morgan fingerprint density at radius 2 is 1.59 bits per heavy atom. The summed E-state index contributed by atoms with van der Waals surface area (Å²) in [7, 11) is 0. The van der Waals surface area contributed by atoms with Crippen LogP contribution in [-0.4, -0.2) is 25.8 Å². The van der Waals surface area contributed by atoms with Gasteiger partial charge in [0.05, 0.1) is 37.0 Å². The number of hydrogen-bond donors (Lipinski definition) is 0. The number of carbonyl (C=O) groups is 1. The number of hydrogen-bond acceptors (Lipinski definition) is 6. The summed E-state index contributed by atoms with van der Waals surface area (Å²) in [6, 6.07) is 12.2. The van der Waals surface area contributed by atoms with Crippen LogP contribution in [0.1, 0.15) is 42.3 Å². The Labute approximate surface area is 159 Å². The van der Waals surface area contributed by atoms with Gasteiger partial charge in [-0.3, -0.25) is 0 Å². The highest BCUT2D eigenvalue weighted by Crippen LogP contribution is 2.39. The van der Waals surface area contributed by atoms with Crippen molar-refractivity contribution in [3.8, 4) is 23.3 Å². The standard InChI is InChI=1S/C21H23NO5/c1-4-24-18-11-17(12-19(25-5-2)20(18)26-6-3)21(23)27-14-16-9-7-8-15(10-16)13-22/h7-12H,4-6,14H2,1-3H3. The van der Waals surface area contributed by atoms with Gasteiger partial charge in [0.2, 0.25) is 5.75 Å². The van der Waals surface area contributed by atoms with Crippen LogP contribution in [0.2, 0.25) is 0 Å². The molecule has 2 aromatic rings. The molecular formula is C21H23NO5. The third-order valence-electron chi connectivity index (χ3n) is 3.57. The van der Waals surface area contributed by atoms with Gasteiger partial charge in [0.15, 0.2) is 11.5 Å². The molecule has 6 nitrogen and oxygen atoms in total. The number of carbonyl (C=O) groups excluding carboxylic acids is 1. The largest absolute Gasteiger partial charge is 0.490 e. The SMILES string of the molecule is CCOc1cc(C(=O)OCc2cccc(C#N)c2)cc(OCC)c1OCC. The lowest BCUT2D eigenvalue weighted by atomic mass is 10.1. The average Bonchev–Trinajstić information content (AvgIpc) is 2.68. The number of esters is 1. The van der Waals surface area contributed by atoms with E-state index in [4.69, 9.17) is 24.2 Å². The first-order valence-electron chi connectivity index (χ1n) is 8.85. The van der Waals surface area contributed by atoms with Crippen molar-refractivity contribution in [1.82, 2.24) is 0 Å². The van der Waals surface area contributed by atoms with Crippen LogP contribution in [-0.2, 0) is 11.3 Å². The van der Waals surface area contributed by atoms with E-state index in [1.807, 2.05) is 20.8 Å². The van der Waals surface area contributed by atoms with Gasteiger partial charge in [-0.1, -0.05) is 12.1 Å². The zero-order valence-corrected chi connectivity index (χ0v) is 15.8. The van der Waals surface area contributed by atoms with Crippen LogP contribution in [0, 0.1) is 11.3 Å². The first-order chi connectivity index (χ1) is 13.1. The molecule has 0 aliphatic heterocycles. The summed E-state index contributed by atoms with van der Waals surface area (Å²) in [4.78, 5) is 12.5.